The number of rotatable bonds is 4. The largest absolute Gasteiger partial charge is 0.502 e. The van der Waals surface area contributed by atoms with Crippen molar-refractivity contribution in [1.82, 2.24) is 5.01 Å². The number of benzene rings is 1. The first-order valence-electron chi connectivity index (χ1n) is 8.00. The first-order chi connectivity index (χ1) is 13.0. The van der Waals surface area contributed by atoms with Gasteiger partial charge in [-0.1, -0.05) is 12.1 Å². The van der Waals surface area contributed by atoms with E-state index in [0.717, 1.165) is 10.6 Å². The number of hydrogen-bond acceptors (Lipinski definition) is 7. The standard InChI is InChI=1S/C18H13N3O4S2/c22-15-9-11(5-6-13(15)21(24)25)14-10-12(16-3-1-7-26-16)19-20(14)18(23)17-4-2-8-27-17/h1-9,14,22H,10H2. The van der Waals surface area contributed by atoms with Crippen molar-refractivity contribution < 1.29 is 14.8 Å². The van der Waals surface area contributed by atoms with E-state index in [1.165, 1.54) is 39.8 Å². The van der Waals surface area contributed by atoms with Crippen molar-refractivity contribution in [3.05, 3.63) is 78.7 Å². The molecule has 0 fully saturated rings. The third kappa shape index (κ3) is 3.22. The summed E-state index contributed by atoms with van der Waals surface area (Å²) in [7, 11) is 0. The lowest BCUT2D eigenvalue weighted by molar-refractivity contribution is -0.385. The van der Waals surface area contributed by atoms with Crippen molar-refractivity contribution in [2.75, 3.05) is 0 Å². The molecule has 7 nitrogen and oxygen atoms in total. The van der Waals surface area contributed by atoms with Gasteiger partial charge in [-0.2, -0.15) is 5.10 Å². The van der Waals surface area contributed by atoms with Crippen LogP contribution in [-0.4, -0.2) is 26.7 Å². The van der Waals surface area contributed by atoms with Crippen LogP contribution >= 0.6 is 22.7 Å². The Labute approximate surface area is 162 Å². The van der Waals surface area contributed by atoms with E-state index in [1.807, 2.05) is 22.9 Å². The van der Waals surface area contributed by atoms with Crippen molar-refractivity contribution in [3.63, 3.8) is 0 Å². The van der Waals surface area contributed by atoms with Gasteiger partial charge in [0.15, 0.2) is 5.75 Å². The maximum Gasteiger partial charge on any atom is 0.310 e. The Balaban J connectivity index is 1.73. The quantitative estimate of drug-likeness (QED) is 0.519. The van der Waals surface area contributed by atoms with Crippen molar-refractivity contribution in [2.24, 2.45) is 5.10 Å². The van der Waals surface area contributed by atoms with E-state index in [9.17, 15) is 20.0 Å². The van der Waals surface area contributed by atoms with Crippen LogP contribution in [0.5, 0.6) is 5.75 Å². The molecule has 4 rings (SSSR count). The van der Waals surface area contributed by atoms with E-state index in [1.54, 1.807) is 18.2 Å². The molecule has 0 aliphatic carbocycles. The number of carbonyl (C=O) groups excluding carboxylic acids is 1. The number of nitro benzene ring substituents is 1. The predicted octanol–water partition coefficient (Wildman–Crippen LogP) is 4.41. The molecule has 2 aromatic heterocycles. The van der Waals surface area contributed by atoms with Crippen molar-refractivity contribution in [2.45, 2.75) is 12.5 Å². The Morgan fingerprint density at radius 2 is 2.00 bits per heavy atom. The number of nitrogens with zero attached hydrogens (tertiary/aromatic N) is 3. The van der Waals surface area contributed by atoms with Crippen LogP contribution in [0.2, 0.25) is 0 Å². The predicted molar refractivity (Wildman–Crippen MR) is 103 cm³/mol. The minimum atomic E-state index is -0.643. The molecule has 1 aliphatic rings. The van der Waals surface area contributed by atoms with Crippen molar-refractivity contribution in [3.8, 4) is 5.75 Å². The molecule has 3 aromatic rings. The summed E-state index contributed by atoms with van der Waals surface area (Å²) in [6, 6.07) is 11.1. The maximum atomic E-state index is 12.9. The highest BCUT2D eigenvalue weighted by molar-refractivity contribution is 7.12. The van der Waals surface area contributed by atoms with Gasteiger partial charge in [0.1, 0.15) is 0 Å². The monoisotopic (exact) mass is 399 g/mol. The van der Waals surface area contributed by atoms with Crippen LogP contribution in [0.25, 0.3) is 0 Å². The lowest BCUT2D eigenvalue weighted by atomic mass is 10.0. The maximum absolute atomic E-state index is 12.9. The summed E-state index contributed by atoms with van der Waals surface area (Å²) in [5, 5.41) is 30.6. The molecule has 0 saturated carbocycles. The van der Waals surface area contributed by atoms with Crippen LogP contribution in [0, 0.1) is 10.1 Å². The van der Waals surface area contributed by atoms with Gasteiger partial charge in [-0.3, -0.25) is 14.9 Å². The highest BCUT2D eigenvalue weighted by atomic mass is 32.1. The Bertz CT molecular complexity index is 1030. The Morgan fingerprint density at radius 1 is 1.22 bits per heavy atom. The lowest BCUT2D eigenvalue weighted by Gasteiger charge is -2.21. The molecule has 1 unspecified atom stereocenters. The number of thiophene rings is 2. The molecule has 27 heavy (non-hydrogen) atoms. The second-order valence-electron chi connectivity index (χ2n) is 5.88. The van der Waals surface area contributed by atoms with Gasteiger partial charge < -0.3 is 5.11 Å². The number of carbonyl (C=O) groups is 1. The van der Waals surface area contributed by atoms with Gasteiger partial charge in [0.2, 0.25) is 0 Å². The van der Waals surface area contributed by atoms with Crippen LogP contribution in [0.3, 0.4) is 0 Å². The van der Waals surface area contributed by atoms with Crippen molar-refractivity contribution >= 4 is 40.0 Å². The molecule has 3 heterocycles. The molecule has 1 amide bonds. The molecule has 0 bridgehead atoms. The number of nitro groups is 1. The summed E-state index contributed by atoms with van der Waals surface area (Å²) in [6.45, 7) is 0. The molecular weight excluding hydrogens is 386 g/mol. The first kappa shape index (κ1) is 17.4. The van der Waals surface area contributed by atoms with E-state index in [4.69, 9.17) is 0 Å². The van der Waals surface area contributed by atoms with Crippen LogP contribution in [-0.2, 0) is 0 Å². The second-order valence-corrected chi connectivity index (χ2v) is 7.77. The lowest BCUT2D eigenvalue weighted by Crippen LogP contribution is -2.26. The molecule has 0 radical (unpaired) electrons. The Kier molecular flexibility index (Phi) is 4.46. The fourth-order valence-electron chi connectivity index (χ4n) is 2.96. The van der Waals surface area contributed by atoms with E-state index in [2.05, 4.69) is 5.10 Å². The highest BCUT2D eigenvalue weighted by Crippen LogP contribution is 2.38. The fraction of sp³-hybridized carbons (Fsp3) is 0.111. The second kappa shape index (κ2) is 6.93. The molecular formula is C18H13N3O4S2. The molecule has 0 spiro atoms. The summed E-state index contributed by atoms with van der Waals surface area (Å²) in [5.41, 5.74) is 1.00. The average Bonchev–Trinajstić information content (AvgIpc) is 3.41. The van der Waals surface area contributed by atoms with Gasteiger partial charge in [-0.15, -0.1) is 22.7 Å². The number of amides is 1. The van der Waals surface area contributed by atoms with Gasteiger partial charge >= 0.3 is 5.69 Å². The number of phenols is 1. The van der Waals surface area contributed by atoms with Crippen LogP contribution < -0.4 is 0 Å². The zero-order chi connectivity index (χ0) is 19.0. The van der Waals surface area contributed by atoms with Gasteiger partial charge in [0.25, 0.3) is 5.91 Å². The van der Waals surface area contributed by atoms with Crippen LogP contribution in [0.4, 0.5) is 5.69 Å². The smallest absolute Gasteiger partial charge is 0.310 e. The van der Waals surface area contributed by atoms with Gasteiger partial charge in [0.05, 0.1) is 26.4 Å². The summed E-state index contributed by atoms with van der Waals surface area (Å²) >= 11 is 2.86. The van der Waals surface area contributed by atoms with Crippen molar-refractivity contribution in [1.29, 1.82) is 0 Å². The molecule has 136 valence electrons. The number of phenolic OH excluding ortho intramolecular Hbond substituents is 1. The molecule has 1 atom stereocenters. The molecule has 0 saturated heterocycles. The van der Waals surface area contributed by atoms with E-state index in [0.29, 0.717) is 16.9 Å². The molecule has 9 heteroatoms. The molecule has 1 aliphatic heterocycles. The summed E-state index contributed by atoms with van der Waals surface area (Å²) in [6.07, 6.45) is 0.467. The molecule has 1 N–H and O–H groups in total. The van der Waals surface area contributed by atoms with E-state index in [-0.39, 0.29) is 11.6 Å². The third-order valence-corrected chi connectivity index (χ3v) is 6.01. The van der Waals surface area contributed by atoms with E-state index < -0.39 is 16.7 Å². The SMILES string of the molecule is O=C(c1cccs1)N1N=C(c2cccs2)CC1c1ccc([N+](=O)[O-])c(O)c1. The van der Waals surface area contributed by atoms with Gasteiger partial charge in [0, 0.05) is 12.5 Å². The normalized spacial score (nSPS) is 16.4. The zero-order valence-corrected chi connectivity index (χ0v) is 15.4. The molecule has 1 aromatic carbocycles. The minimum Gasteiger partial charge on any atom is -0.502 e. The van der Waals surface area contributed by atoms with Gasteiger partial charge in [-0.25, -0.2) is 5.01 Å². The number of aromatic hydroxyl groups is 1. The fourth-order valence-corrected chi connectivity index (χ4v) is 4.34. The Hall–Kier alpha value is -3.04. The summed E-state index contributed by atoms with van der Waals surface area (Å²) < 4.78 is 0. The third-order valence-electron chi connectivity index (χ3n) is 4.24. The number of hydrazone groups is 1. The van der Waals surface area contributed by atoms with Gasteiger partial charge in [-0.05, 0) is 40.6 Å². The highest BCUT2D eigenvalue weighted by Gasteiger charge is 2.35. The minimum absolute atomic E-state index is 0.237. The number of hydrogen-bond donors (Lipinski definition) is 1. The summed E-state index contributed by atoms with van der Waals surface area (Å²) in [5.74, 6) is -0.662. The average molecular weight is 399 g/mol. The van der Waals surface area contributed by atoms with Crippen LogP contribution in [0.15, 0.2) is 58.3 Å². The first-order valence-corrected chi connectivity index (χ1v) is 9.76. The van der Waals surface area contributed by atoms with E-state index >= 15 is 0 Å². The zero-order valence-electron chi connectivity index (χ0n) is 13.8. The topological polar surface area (TPSA) is 96.0 Å². The summed E-state index contributed by atoms with van der Waals surface area (Å²) in [4.78, 5) is 24.8. The van der Waals surface area contributed by atoms with Crippen LogP contribution in [0.1, 0.15) is 32.6 Å². The Morgan fingerprint density at radius 3 is 2.63 bits per heavy atom.